The van der Waals surface area contributed by atoms with Crippen molar-refractivity contribution in [3.05, 3.63) is 24.2 Å². The Morgan fingerprint density at radius 3 is 2.83 bits per heavy atom. The Morgan fingerprint density at radius 2 is 2.09 bits per heavy atom. The highest BCUT2D eigenvalue weighted by Crippen LogP contribution is 2.23. The van der Waals surface area contributed by atoms with E-state index in [1.165, 1.54) is 19.3 Å². The molecule has 2 aliphatic rings. The van der Waals surface area contributed by atoms with E-state index in [1.54, 1.807) is 0 Å². The molecule has 7 heteroatoms. The van der Waals surface area contributed by atoms with Gasteiger partial charge in [-0.25, -0.2) is 4.98 Å². The Morgan fingerprint density at radius 1 is 1.17 bits per heavy atom. The highest BCUT2D eigenvalue weighted by Gasteiger charge is 2.22. The van der Waals surface area contributed by atoms with Gasteiger partial charge in [-0.05, 0) is 31.4 Å². The van der Waals surface area contributed by atoms with Gasteiger partial charge in [-0.3, -0.25) is 0 Å². The lowest BCUT2D eigenvalue weighted by Gasteiger charge is -2.27. The third-order valence-electron chi connectivity index (χ3n) is 4.33. The molecule has 0 radical (unpaired) electrons. The lowest BCUT2D eigenvalue weighted by atomic mass is 10.1. The van der Waals surface area contributed by atoms with Gasteiger partial charge in [0.2, 0.25) is 5.82 Å². The predicted molar refractivity (Wildman–Crippen MR) is 85.2 cm³/mol. The van der Waals surface area contributed by atoms with Gasteiger partial charge < -0.3 is 19.5 Å². The summed E-state index contributed by atoms with van der Waals surface area (Å²) in [6.45, 7) is 4.40. The Labute approximate surface area is 135 Å². The van der Waals surface area contributed by atoms with Crippen LogP contribution >= 0.6 is 0 Å². The first-order valence-corrected chi connectivity index (χ1v) is 8.27. The van der Waals surface area contributed by atoms with E-state index in [0.29, 0.717) is 24.9 Å². The zero-order chi connectivity index (χ0) is 15.5. The van der Waals surface area contributed by atoms with Gasteiger partial charge in [-0.15, -0.1) is 0 Å². The van der Waals surface area contributed by atoms with Crippen LogP contribution in [-0.2, 0) is 4.74 Å². The molecular formula is C16H21N5O2. The van der Waals surface area contributed by atoms with Crippen LogP contribution < -0.4 is 10.2 Å². The van der Waals surface area contributed by atoms with Gasteiger partial charge in [0.05, 0.1) is 6.61 Å². The van der Waals surface area contributed by atoms with Crippen molar-refractivity contribution in [1.29, 1.82) is 0 Å². The van der Waals surface area contributed by atoms with Gasteiger partial charge in [0.1, 0.15) is 11.9 Å². The molecule has 2 aromatic rings. The van der Waals surface area contributed by atoms with E-state index in [0.717, 1.165) is 31.0 Å². The zero-order valence-corrected chi connectivity index (χ0v) is 13.1. The van der Waals surface area contributed by atoms with Crippen molar-refractivity contribution < 1.29 is 9.26 Å². The highest BCUT2D eigenvalue weighted by molar-refractivity contribution is 5.56. The monoisotopic (exact) mass is 315 g/mol. The largest absolute Gasteiger partial charge is 0.366 e. The van der Waals surface area contributed by atoms with Crippen LogP contribution in [0.3, 0.4) is 0 Å². The molecule has 0 aliphatic carbocycles. The highest BCUT2D eigenvalue weighted by atomic mass is 16.5. The minimum Gasteiger partial charge on any atom is -0.366 e. The normalized spacial score (nSPS) is 22.3. The first kappa shape index (κ1) is 14.6. The second-order valence-electron chi connectivity index (χ2n) is 5.97. The number of hydrogen-bond donors (Lipinski definition) is 1. The maximum absolute atomic E-state index is 5.63. The van der Waals surface area contributed by atoms with Crippen molar-refractivity contribution in [3.63, 3.8) is 0 Å². The van der Waals surface area contributed by atoms with Crippen molar-refractivity contribution in [2.24, 2.45) is 0 Å². The number of aromatic nitrogens is 3. The number of nitrogens with one attached hydrogen (secondary N) is 1. The van der Waals surface area contributed by atoms with E-state index in [-0.39, 0.29) is 6.10 Å². The molecule has 0 saturated carbocycles. The fraction of sp³-hybridized carbons (Fsp3) is 0.562. The predicted octanol–water partition coefficient (Wildman–Crippen LogP) is 1.78. The van der Waals surface area contributed by atoms with E-state index in [4.69, 9.17) is 9.26 Å². The summed E-state index contributed by atoms with van der Waals surface area (Å²) in [4.78, 5) is 11.3. The number of rotatable bonds is 3. The van der Waals surface area contributed by atoms with E-state index in [1.807, 2.05) is 18.3 Å². The zero-order valence-electron chi connectivity index (χ0n) is 13.1. The first-order valence-electron chi connectivity index (χ1n) is 8.27. The Hall–Kier alpha value is -1.99. The van der Waals surface area contributed by atoms with Crippen molar-refractivity contribution in [2.45, 2.75) is 25.4 Å². The quantitative estimate of drug-likeness (QED) is 0.925. The summed E-state index contributed by atoms with van der Waals surface area (Å²) in [5.74, 6) is 2.11. The smallest absolute Gasteiger partial charge is 0.257 e. The molecule has 2 aromatic heterocycles. The lowest BCUT2D eigenvalue weighted by Crippen LogP contribution is -2.33. The first-order chi connectivity index (χ1) is 11.4. The molecule has 7 nitrogen and oxygen atoms in total. The van der Waals surface area contributed by atoms with Crippen molar-refractivity contribution in [1.82, 2.24) is 20.4 Å². The van der Waals surface area contributed by atoms with Crippen LogP contribution in [-0.4, -0.2) is 47.9 Å². The van der Waals surface area contributed by atoms with Crippen LogP contribution in [0.1, 0.15) is 31.3 Å². The minimum absolute atomic E-state index is 0.161. The number of nitrogens with zero attached hydrogens (tertiary/aromatic N) is 4. The average molecular weight is 315 g/mol. The molecule has 1 N–H and O–H groups in total. The van der Waals surface area contributed by atoms with Gasteiger partial charge >= 0.3 is 0 Å². The standard InChI is InChI=1S/C16H21N5O2/c1-2-7-21(8-3-1)14-5-4-12(10-18-14)15-19-16(23-20-15)13-11-17-6-9-22-13/h4-5,10,13,17H,1-3,6-9,11H2/t13-/m1/s1. The van der Waals surface area contributed by atoms with Gasteiger partial charge in [0.25, 0.3) is 5.89 Å². The second kappa shape index (κ2) is 6.64. The van der Waals surface area contributed by atoms with E-state index in [9.17, 15) is 0 Å². The second-order valence-corrected chi connectivity index (χ2v) is 5.97. The molecule has 2 fully saturated rings. The molecule has 0 amide bonds. The van der Waals surface area contributed by atoms with Crippen molar-refractivity contribution >= 4 is 5.82 Å². The lowest BCUT2D eigenvalue weighted by molar-refractivity contribution is 0.00755. The fourth-order valence-corrected chi connectivity index (χ4v) is 3.04. The number of anilines is 1. The summed E-state index contributed by atoms with van der Waals surface area (Å²) in [6, 6.07) is 4.04. The van der Waals surface area contributed by atoms with Gasteiger partial charge in [-0.2, -0.15) is 4.98 Å². The number of ether oxygens (including phenoxy) is 1. The Balaban J connectivity index is 1.48. The molecule has 4 rings (SSSR count). The number of piperidine rings is 1. The van der Waals surface area contributed by atoms with Gasteiger partial charge in [0, 0.05) is 37.9 Å². The Kier molecular flexibility index (Phi) is 4.21. The summed E-state index contributed by atoms with van der Waals surface area (Å²) < 4.78 is 11.0. The average Bonchev–Trinajstić information content (AvgIpc) is 3.14. The summed E-state index contributed by atoms with van der Waals surface area (Å²) in [5.41, 5.74) is 0.865. The van der Waals surface area contributed by atoms with Crippen LogP contribution in [0.15, 0.2) is 22.9 Å². The summed E-state index contributed by atoms with van der Waals surface area (Å²) >= 11 is 0. The molecule has 0 spiro atoms. The maximum Gasteiger partial charge on any atom is 0.257 e. The minimum atomic E-state index is -0.161. The Bertz CT molecular complexity index is 630. The summed E-state index contributed by atoms with van der Waals surface area (Å²) in [7, 11) is 0. The van der Waals surface area contributed by atoms with Crippen LogP contribution in [0.4, 0.5) is 5.82 Å². The van der Waals surface area contributed by atoms with E-state index < -0.39 is 0 Å². The molecule has 23 heavy (non-hydrogen) atoms. The summed E-state index contributed by atoms with van der Waals surface area (Å²) in [6.07, 6.45) is 5.46. The van der Waals surface area contributed by atoms with E-state index in [2.05, 4.69) is 25.3 Å². The van der Waals surface area contributed by atoms with Crippen LogP contribution in [0.25, 0.3) is 11.4 Å². The third-order valence-corrected chi connectivity index (χ3v) is 4.33. The number of pyridine rings is 1. The molecule has 122 valence electrons. The SMILES string of the molecule is c1cc(N2CCCCC2)ncc1-c1noc([C@H]2CNCCO2)n1. The molecule has 2 saturated heterocycles. The number of hydrogen-bond acceptors (Lipinski definition) is 7. The molecule has 0 unspecified atom stereocenters. The molecular weight excluding hydrogens is 294 g/mol. The van der Waals surface area contributed by atoms with Crippen LogP contribution in [0, 0.1) is 0 Å². The van der Waals surface area contributed by atoms with E-state index >= 15 is 0 Å². The molecule has 0 aromatic carbocycles. The van der Waals surface area contributed by atoms with Crippen LogP contribution in [0.5, 0.6) is 0 Å². The summed E-state index contributed by atoms with van der Waals surface area (Å²) in [5, 5.41) is 7.31. The maximum atomic E-state index is 5.63. The number of morpholine rings is 1. The van der Waals surface area contributed by atoms with Crippen molar-refractivity contribution in [3.8, 4) is 11.4 Å². The molecule has 4 heterocycles. The molecule has 1 atom stereocenters. The van der Waals surface area contributed by atoms with Gasteiger partial charge in [0.15, 0.2) is 0 Å². The van der Waals surface area contributed by atoms with Gasteiger partial charge in [-0.1, -0.05) is 5.16 Å². The van der Waals surface area contributed by atoms with Crippen LogP contribution in [0.2, 0.25) is 0 Å². The third kappa shape index (κ3) is 3.20. The fourth-order valence-electron chi connectivity index (χ4n) is 3.04. The van der Waals surface area contributed by atoms with Crippen molar-refractivity contribution in [2.75, 3.05) is 37.7 Å². The molecule has 2 aliphatic heterocycles. The molecule has 0 bridgehead atoms. The topological polar surface area (TPSA) is 76.3 Å².